The summed E-state index contributed by atoms with van der Waals surface area (Å²) in [6.07, 6.45) is -1.20. The number of alkyl halides is 2. The molecule has 12 nitrogen and oxygen atoms in total. The number of nitrogen functional groups attached to an aromatic ring is 1. The summed E-state index contributed by atoms with van der Waals surface area (Å²) in [5.41, 5.74) is 4.51. The molecule has 206 valence electrons. The van der Waals surface area contributed by atoms with E-state index in [0.717, 1.165) is 34.1 Å². The van der Waals surface area contributed by atoms with Crippen LogP contribution in [0.3, 0.4) is 0 Å². The van der Waals surface area contributed by atoms with E-state index in [4.69, 9.17) is 20.0 Å². The van der Waals surface area contributed by atoms with Crippen LogP contribution >= 0.6 is 23.1 Å². The van der Waals surface area contributed by atoms with E-state index in [1.807, 2.05) is 0 Å². The van der Waals surface area contributed by atoms with E-state index in [1.54, 1.807) is 20.8 Å². The van der Waals surface area contributed by atoms with Crippen molar-refractivity contribution < 1.29 is 42.3 Å². The number of thioether (sulfide) groups is 1. The molecule has 1 aromatic heterocycles. The van der Waals surface area contributed by atoms with Gasteiger partial charge < -0.3 is 25.4 Å². The number of thiazole rings is 1. The SMILES string of the molecule is CO/N=C(\C(=O)N[C@@H]1C(=O)N2C(C(=O)OCOC(=O)C(C)(C)C)=C(/C=C\C(F)F)CS[C@H]12)c1csc(N)n1. The number of oxime groups is 1. The monoisotopic (exact) mass is 573 g/mol. The smallest absolute Gasteiger partial charge is 0.358 e. The predicted octanol–water partition coefficient (Wildman–Crippen LogP) is 1.64. The molecular formula is C22H25F2N5O7S2. The van der Waals surface area contributed by atoms with Crippen LogP contribution in [0, 0.1) is 5.41 Å². The molecule has 38 heavy (non-hydrogen) atoms. The topological polar surface area (TPSA) is 163 Å². The largest absolute Gasteiger partial charge is 0.427 e. The number of carbonyl (C=O) groups excluding carboxylic acids is 4. The molecule has 0 aromatic carbocycles. The standard InChI is InChI=1S/C22H25F2N5O7S2/c1-22(2,3)20(33)36-9-35-19(32)15-10(5-6-12(23)24)7-37-18-14(17(31)29(15)18)27-16(30)13(28-34-4)11-8-38-21(25)26-11/h5-6,8,12,14,18H,7,9H2,1-4H3,(H2,25,26)(H,27,30)/b6-5-,28-13-/t14-,18-/m1/s1. The van der Waals surface area contributed by atoms with Gasteiger partial charge in [0.05, 0.1) is 5.41 Å². The van der Waals surface area contributed by atoms with Gasteiger partial charge in [-0.3, -0.25) is 19.3 Å². The van der Waals surface area contributed by atoms with Crippen molar-refractivity contribution in [2.75, 3.05) is 25.4 Å². The molecule has 2 amide bonds. The molecule has 0 radical (unpaired) electrons. The van der Waals surface area contributed by atoms with Crippen molar-refractivity contribution in [2.24, 2.45) is 10.6 Å². The Balaban J connectivity index is 1.78. The van der Waals surface area contributed by atoms with Gasteiger partial charge in [-0.25, -0.2) is 18.6 Å². The van der Waals surface area contributed by atoms with Crippen LogP contribution in [-0.4, -0.2) is 76.8 Å². The lowest BCUT2D eigenvalue weighted by molar-refractivity contribution is -0.173. The average Bonchev–Trinajstić information content (AvgIpc) is 3.28. The molecule has 1 aromatic rings. The third-order valence-corrected chi connectivity index (χ3v) is 7.05. The first-order valence-corrected chi connectivity index (χ1v) is 12.9. The van der Waals surface area contributed by atoms with E-state index in [1.165, 1.54) is 12.5 Å². The Bertz CT molecular complexity index is 1210. The third kappa shape index (κ3) is 6.48. The van der Waals surface area contributed by atoms with Gasteiger partial charge in [0, 0.05) is 11.1 Å². The number of fused-ring (bicyclic) bond motifs is 1. The maximum atomic E-state index is 13.1. The Labute approximate surface area is 224 Å². The quantitative estimate of drug-likeness (QED) is 0.146. The van der Waals surface area contributed by atoms with Gasteiger partial charge in [-0.15, -0.1) is 23.1 Å². The minimum Gasteiger partial charge on any atom is -0.427 e. The van der Waals surface area contributed by atoms with Crippen molar-refractivity contribution in [3.05, 3.63) is 34.5 Å². The van der Waals surface area contributed by atoms with Crippen molar-refractivity contribution >= 4 is 57.7 Å². The van der Waals surface area contributed by atoms with Crippen LogP contribution in [0.15, 0.2) is 34.0 Å². The van der Waals surface area contributed by atoms with Crippen molar-refractivity contribution in [2.45, 2.75) is 38.6 Å². The van der Waals surface area contributed by atoms with Gasteiger partial charge in [0.2, 0.25) is 6.79 Å². The summed E-state index contributed by atoms with van der Waals surface area (Å²) in [6, 6.07) is -1.08. The summed E-state index contributed by atoms with van der Waals surface area (Å²) < 4.78 is 35.6. The molecule has 0 saturated carbocycles. The number of esters is 2. The van der Waals surface area contributed by atoms with Crippen LogP contribution in [0.1, 0.15) is 26.5 Å². The Morgan fingerprint density at radius 1 is 1.34 bits per heavy atom. The summed E-state index contributed by atoms with van der Waals surface area (Å²) in [5.74, 6) is -3.10. The summed E-state index contributed by atoms with van der Waals surface area (Å²) in [4.78, 5) is 60.5. The summed E-state index contributed by atoms with van der Waals surface area (Å²) >= 11 is 2.22. The normalized spacial score (nSPS) is 19.8. The average molecular weight is 574 g/mol. The second-order valence-electron chi connectivity index (χ2n) is 8.85. The molecule has 3 N–H and O–H groups in total. The van der Waals surface area contributed by atoms with Gasteiger partial charge in [-0.1, -0.05) is 11.2 Å². The summed E-state index contributed by atoms with van der Waals surface area (Å²) in [7, 11) is 1.23. The van der Waals surface area contributed by atoms with Crippen LogP contribution in [-0.2, 0) is 33.5 Å². The maximum Gasteiger partial charge on any atom is 0.358 e. The number of amides is 2. The van der Waals surface area contributed by atoms with Crippen molar-refractivity contribution in [3.8, 4) is 0 Å². The number of hydrogen-bond acceptors (Lipinski definition) is 12. The Hall–Kier alpha value is -3.53. The van der Waals surface area contributed by atoms with E-state index in [-0.39, 0.29) is 33.6 Å². The highest BCUT2D eigenvalue weighted by molar-refractivity contribution is 8.00. The van der Waals surface area contributed by atoms with Crippen molar-refractivity contribution in [1.29, 1.82) is 0 Å². The number of nitrogens with two attached hydrogens (primary N) is 1. The molecule has 0 aliphatic carbocycles. The van der Waals surface area contributed by atoms with Crippen LogP contribution in [0.2, 0.25) is 0 Å². The fourth-order valence-electron chi connectivity index (χ4n) is 3.27. The van der Waals surface area contributed by atoms with Crippen LogP contribution in [0.5, 0.6) is 0 Å². The number of anilines is 1. The second-order valence-corrected chi connectivity index (χ2v) is 10.8. The van der Waals surface area contributed by atoms with E-state index in [9.17, 15) is 28.0 Å². The number of halogens is 2. The molecule has 2 aliphatic heterocycles. The first-order chi connectivity index (χ1) is 17.8. The van der Waals surface area contributed by atoms with Gasteiger partial charge >= 0.3 is 11.9 Å². The van der Waals surface area contributed by atoms with Gasteiger partial charge in [-0.2, -0.15) is 0 Å². The first kappa shape index (κ1) is 29.0. The Morgan fingerprint density at radius 2 is 2.05 bits per heavy atom. The van der Waals surface area contributed by atoms with E-state index >= 15 is 0 Å². The maximum absolute atomic E-state index is 13.1. The number of aromatic nitrogens is 1. The lowest BCUT2D eigenvalue weighted by Gasteiger charge is -2.49. The number of β-lactam (4-membered cyclic amide) rings is 1. The Kier molecular flexibility index (Phi) is 9.09. The van der Waals surface area contributed by atoms with E-state index in [2.05, 4.69) is 15.5 Å². The Morgan fingerprint density at radius 3 is 2.63 bits per heavy atom. The van der Waals surface area contributed by atoms with E-state index < -0.39 is 53.8 Å². The molecule has 2 aliphatic rings. The minimum absolute atomic E-state index is 0.0535. The van der Waals surface area contributed by atoms with Crippen molar-refractivity contribution in [3.63, 3.8) is 0 Å². The minimum atomic E-state index is -2.80. The van der Waals surface area contributed by atoms with Crippen LogP contribution < -0.4 is 11.1 Å². The number of hydrogen-bond donors (Lipinski definition) is 2. The highest BCUT2D eigenvalue weighted by atomic mass is 32.2. The molecule has 0 unspecified atom stereocenters. The number of rotatable bonds is 9. The zero-order valence-electron chi connectivity index (χ0n) is 20.7. The molecule has 16 heteroatoms. The first-order valence-electron chi connectivity index (χ1n) is 11.0. The highest BCUT2D eigenvalue weighted by Crippen LogP contribution is 2.41. The molecule has 1 saturated heterocycles. The third-order valence-electron chi connectivity index (χ3n) is 5.08. The van der Waals surface area contributed by atoms with E-state index in [0.29, 0.717) is 6.08 Å². The van der Waals surface area contributed by atoms with Crippen LogP contribution in [0.4, 0.5) is 13.9 Å². The predicted molar refractivity (Wildman–Crippen MR) is 134 cm³/mol. The molecule has 0 bridgehead atoms. The van der Waals surface area contributed by atoms with Gasteiger partial charge in [0.25, 0.3) is 18.2 Å². The molecule has 1 fully saturated rings. The second kappa shape index (κ2) is 11.9. The van der Waals surface area contributed by atoms with Crippen molar-refractivity contribution in [1.82, 2.24) is 15.2 Å². The molecule has 3 rings (SSSR count). The molecule has 0 spiro atoms. The van der Waals surface area contributed by atoms with Gasteiger partial charge in [-0.05, 0) is 32.4 Å². The molecular weight excluding hydrogens is 548 g/mol. The lowest BCUT2D eigenvalue weighted by atomic mass is 9.98. The van der Waals surface area contributed by atoms with Gasteiger partial charge in [0.1, 0.15) is 29.9 Å². The van der Waals surface area contributed by atoms with Crippen LogP contribution in [0.25, 0.3) is 0 Å². The summed E-state index contributed by atoms with van der Waals surface area (Å²) in [6.45, 7) is 4.08. The lowest BCUT2D eigenvalue weighted by Crippen LogP contribution is -2.71. The zero-order chi connectivity index (χ0) is 28.2. The number of ether oxygens (including phenoxy) is 2. The number of allylic oxidation sites excluding steroid dienone is 2. The number of nitrogens with one attached hydrogen (secondary N) is 1. The number of carbonyl (C=O) groups is 4. The fourth-order valence-corrected chi connectivity index (χ4v) is 5.14. The number of nitrogens with zero attached hydrogens (tertiary/aromatic N) is 3. The molecule has 2 atom stereocenters. The van der Waals surface area contributed by atoms with Gasteiger partial charge in [0.15, 0.2) is 10.8 Å². The zero-order valence-corrected chi connectivity index (χ0v) is 22.4. The highest BCUT2D eigenvalue weighted by Gasteiger charge is 2.54. The summed E-state index contributed by atoms with van der Waals surface area (Å²) in [5, 5.41) is 7.13. The molecule has 3 heterocycles. The fraction of sp³-hybridized carbons (Fsp3) is 0.455.